The maximum atomic E-state index is 11.1. The van der Waals surface area contributed by atoms with Crippen LogP contribution in [0.15, 0.2) is 33.5 Å². The smallest absolute Gasteiger partial charge is 0.336 e. The second kappa shape index (κ2) is 3.02. The van der Waals surface area contributed by atoms with Crippen LogP contribution in [-0.4, -0.2) is 13.2 Å². The average Bonchev–Trinajstić information content (AvgIpc) is 2.29. The van der Waals surface area contributed by atoms with Crippen LogP contribution >= 0.6 is 0 Å². The van der Waals surface area contributed by atoms with E-state index in [0.29, 0.717) is 30.3 Å². The Labute approximate surface area is 85.0 Å². The SMILES string of the molecule is O=c1ccc2ccc3c(c2o1)OCCO3. The summed E-state index contributed by atoms with van der Waals surface area (Å²) < 4.78 is 15.9. The molecular formula is C11H8O4. The van der Waals surface area contributed by atoms with Crippen LogP contribution in [0, 0.1) is 0 Å². The maximum Gasteiger partial charge on any atom is 0.336 e. The Morgan fingerprint density at radius 1 is 1.00 bits per heavy atom. The molecule has 0 bridgehead atoms. The summed E-state index contributed by atoms with van der Waals surface area (Å²) in [6.45, 7) is 1.00. The van der Waals surface area contributed by atoms with Gasteiger partial charge in [0.15, 0.2) is 11.3 Å². The van der Waals surface area contributed by atoms with Gasteiger partial charge in [0.05, 0.1) is 0 Å². The number of rotatable bonds is 0. The number of fused-ring (bicyclic) bond motifs is 3. The highest BCUT2D eigenvalue weighted by Crippen LogP contribution is 2.36. The van der Waals surface area contributed by atoms with Crippen LogP contribution in [0.1, 0.15) is 0 Å². The van der Waals surface area contributed by atoms with Crippen LogP contribution in [0.3, 0.4) is 0 Å². The largest absolute Gasteiger partial charge is 0.486 e. The summed E-state index contributed by atoms with van der Waals surface area (Å²) in [5.74, 6) is 1.15. The fourth-order valence-corrected chi connectivity index (χ4v) is 1.63. The van der Waals surface area contributed by atoms with Crippen molar-refractivity contribution in [3.8, 4) is 11.5 Å². The summed E-state index contributed by atoms with van der Waals surface area (Å²) in [6, 6.07) is 6.75. The summed E-state index contributed by atoms with van der Waals surface area (Å²) in [6.07, 6.45) is 0. The zero-order chi connectivity index (χ0) is 10.3. The van der Waals surface area contributed by atoms with Crippen molar-refractivity contribution in [3.05, 3.63) is 34.7 Å². The minimum Gasteiger partial charge on any atom is -0.486 e. The molecule has 1 aliphatic heterocycles. The molecule has 0 atom stereocenters. The van der Waals surface area contributed by atoms with Crippen molar-refractivity contribution in [3.63, 3.8) is 0 Å². The zero-order valence-electron chi connectivity index (χ0n) is 7.86. The van der Waals surface area contributed by atoms with E-state index in [-0.39, 0.29) is 5.63 Å². The van der Waals surface area contributed by atoms with Gasteiger partial charge in [-0.05, 0) is 18.2 Å². The predicted molar refractivity (Wildman–Crippen MR) is 53.5 cm³/mol. The molecule has 4 heteroatoms. The van der Waals surface area contributed by atoms with E-state index in [0.717, 1.165) is 5.39 Å². The topological polar surface area (TPSA) is 48.7 Å². The fourth-order valence-electron chi connectivity index (χ4n) is 1.63. The lowest BCUT2D eigenvalue weighted by molar-refractivity contribution is 0.171. The Kier molecular flexibility index (Phi) is 1.68. The minimum absolute atomic E-state index is 0.384. The highest BCUT2D eigenvalue weighted by molar-refractivity contribution is 5.85. The molecule has 3 rings (SSSR count). The predicted octanol–water partition coefficient (Wildman–Crippen LogP) is 1.56. The quantitative estimate of drug-likeness (QED) is 0.611. The van der Waals surface area contributed by atoms with E-state index in [2.05, 4.69) is 0 Å². The molecule has 0 radical (unpaired) electrons. The van der Waals surface area contributed by atoms with E-state index in [1.807, 2.05) is 12.1 Å². The first-order valence-corrected chi connectivity index (χ1v) is 4.67. The van der Waals surface area contributed by atoms with Crippen molar-refractivity contribution in [2.75, 3.05) is 13.2 Å². The minimum atomic E-state index is -0.384. The summed E-state index contributed by atoms with van der Waals surface area (Å²) in [4.78, 5) is 11.1. The monoisotopic (exact) mass is 204 g/mol. The van der Waals surface area contributed by atoms with Crippen LogP contribution in [0.25, 0.3) is 11.0 Å². The summed E-state index contributed by atoms with van der Waals surface area (Å²) in [7, 11) is 0. The number of benzene rings is 1. The highest BCUT2D eigenvalue weighted by atomic mass is 16.6. The van der Waals surface area contributed by atoms with Crippen molar-refractivity contribution in [2.24, 2.45) is 0 Å². The van der Waals surface area contributed by atoms with Gasteiger partial charge in [0.25, 0.3) is 0 Å². The molecule has 0 saturated carbocycles. The molecular weight excluding hydrogens is 196 g/mol. The Morgan fingerprint density at radius 2 is 1.80 bits per heavy atom. The average molecular weight is 204 g/mol. The van der Waals surface area contributed by atoms with Crippen molar-refractivity contribution >= 4 is 11.0 Å². The molecule has 4 nitrogen and oxygen atoms in total. The molecule has 0 fully saturated rings. The van der Waals surface area contributed by atoms with Crippen molar-refractivity contribution in [1.29, 1.82) is 0 Å². The molecule has 0 amide bonds. The number of hydrogen-bond acceptors (Lipinski definition) is 4. The summed E-state index contributed by atoms with van der Waals surface area (Å²) in [5.41, 5.74) is 0.0739. The lowest BCUT2D eigenvalue weighted by Gasteiger charge is -2.18. The Hall–Kier alpha value is -1.97. The third-order valence-electron chi connectivity index (χ3n) is 2.30. The van der Waals surface area contributed by atoms with Gasteiger partial charge < -0.3 is 13.9 Å². The molecule has 0 unspecified atom stereocenters. The van der Waals surface area contributed by atoms with Gasteiger partial charge in [-0.3, -0.25) is 0 Å². The van der Waals surface area contributed by atoms with Gasteiger partial charge in [0, 0.05) is 11.5 Å². The zero-order valence-corrected chi connectivity index (χ0v) is 7.86. The van der Waals surface area contributed by atoms with Gasteiger partial charge in [-0.2, -0.15) is 0 Å². The van der Waals surface area contributed by atoms with E-state index in [9.17, 15) is 4.79 Å². The Bertz CT molecular complexity index is 570. The summed E-state index contributed by atoms with van der Waals surface area (Å²) in [5, 5.41) is 0.832. The van der Waals surface area contributed by atoms with E-state index < -0.39 is 0 Å². The van der Waals surface area contributed by atoms with E-state index in [1.165, 1.54) is 6.07 Å². The van der Waals surface area contributed by atoms with Gasteiger partial charge in [0.2, 0.25) is 5.75 Å². The van der Waals surface area contributed by atoms with Gasteiger partial charge in [-0.15, -0.1) is 0 Å². The Balaban J connectivity index is 2.39. The van der Waals surface area contributed by atoms with Crippen LogP contribution < -0.4 is 15.1 Å². The lowest BCUT2D eigenvalue weighted by Crippen LogP contribution is -2.15. The first kappa shape index (κ1) is 8.35. The van der Waals surface area contributed by atoms with Crippen LogP contribution in [0.4, 0.5) is 0 Å². The molecule has 0 saturated heterocycles. The highest BCUT2D eigenvalue weighted by Gasteiger charge is 2.16. The molecule has 15 heavy (non-hydrogen) atoms. The van der Waals surface area contributed by atoms with E-state index >= 15 is 0 Å². The van der Waals surface area contributed by atoms with Crippen LogP contribution in [-0.2, 0) is 0 Å². The fraction of sp³-hybridized carbons (Fsp3) is 0.182. The standard InChI is InChI=1S/C11H8O4/c12-9-4-2-7-1-3-8-11(10(7)15-9)14-6-5-13-8/h1-4H,5-6H2. The lowest BCUT2D eigenvalue weighted by atomic mass is 10.2. The van der Waals surface area contributed by atoms with Crippen molar-refractivity contribution in [1.82, 2.24) is 0 Å². The number of hydrogen-bond donors (Lipinski definition) is 0. The molecule has 0 aliphatic carbocycles. The molecule has 0 spiro atoms. The summed E-state index contributed by atoms with van der Waals surface area (Å²) >= 11 is 0. The van der Waals surface area contributed by atoms with Gasteiger partial charge >= 0.3 is 5.63 Å². The van der Waals surface area contributed by atoms with Gasteiger partial charge in [-0.25, -0.2) is 4.79 Å². The van der Waals surface area contributed by atoms with Gasteiger partial charge in [0.1, 0.15) is 13.2 Å². The van der Waals surface area contributed by atoms with E-state index in [1.54, 1.807) is 6.07 Å². The third-order valence-corrected chi connectivity index (χ3v) is 2.30. The van der Waals surface area contributed by atoms with Crippen molar-refractivity contribution in [2.45, 2.75) is 0 Å². The molecule has 2 aromatic rings. The van der Waals surface area contributed by atoms with Crippen molar-refractivity contribution < 1.29 is 13.9 Å². The Morgan fingerprint density at radius 3 is 2.73 bits per heavy atom. The second-order valence-electron chi connectivity index (χ2n) is 3.26. The maximum absolute atomic E-state index is 11.1. The molecule has 76 valence electrons. The normalized spacial score (nSPS) is 14.1. The number of ether oxygens (including phenoxy) is 2. The first-order chi connectivity index (χ1) is 7.34. The van der Waals surface area contributed by atoms with Crippen LogP contribution in [0.5, 0.6) is 11.5 Å². The van der Waals surface area contributed by atoms with Crippen LogP contribution in [0.2, 0.25) is 0 Å². The van der Waals surface area contributed by atoms with Gasteiger partial charge in [-0.1, -0.05) is 0 Å². The molecule has 2 heterocycles. The molecule has 1 aliphatic rings. The molecule has 1 aromatic carbocycles. The molecule has 1 aromatic heterocycles. The third kappa shape index (κ3) is 1.26. The first-order valence-electron chi connectivity index (χ1n) is 4.67. The molecule has 0 N–H and O–H groups in total. The second-order valence-corrected chi connectivity index (χ2v) is 3.26. The van der Waals surface area contributed by atoms with E-state index in [4.69, 9.17) is 13.9 Å².